The molecule has 1 aliphatic heterocycles. The zero-order valence-electron chi connectivity index (χ0n) is 17.3. The van der Waals surface area contributed by atoms with Gasteiger partial charge in [-0.3, -0.25) is 4.90 Å². The molecule has 3 aromatic rings. The van der Waals surface area contributed by atoms with Crippen LogP contribution in [0, 0.1) is 13.8 Å². The van der Waals surface area contributed by atoms with Crippen molar-refractivity contribution in [2.75, 3.05) is 13.1 Å². The SMILES string of the molecule is Cc1noc(C)c1COc1ccc(CN2C[C@H](Oc3ccc(Cl)c(Cl)c3)[C@@H](O)C2)cc1. The Labute approximate surface area is 191 Å². The predicted molar refractivity (Wildman–Crippen MR) is 119 cm³/mol. The van der Waals surface area contributed by atoms with E-state index in [0.29, 0.717) is 42.0 Å². The molecule has 0 amide bonds. The van der Waals surface area contributed by atoms with Gasteiger partial charge in [0.25, 0.3) is 0 Å². The number of nitrogens with zero attached hydrogens (tertiary/aromatic N) is 2. The minimum atomic E-state index is -0.577. The quantitative estimate of drug-likeness (QED) is 0.543. The van der Waals surface area contributed by atoms with Crippen LogP contribution in [0.25, 0.3) is 0 Å². The minimum Gasteiger partial charge on any atom is -0.489 e. The molecule has 0 unspecified atom stereocenters. The van der Waals surface area contributed by atoms with E-state index in [-0.39, 0.29) is 6.10 Å². The molecule has 164 valence electrons. The van der Waals surface area contributed by atoms with E-state index in [1.54, 1.807) is 18.2 Å². The van der Waals surface area contributed by atoms with Crippen LogP contribution in [0.5, 0.6) is 11.5 Å². The largest absolute Gasteiger partial charge is 0.489 e. The van der Waals surface area contributed by atoms with Gasteiger partial charge in [0, 0.05) is 25.7 Å². The van der Waals surface area contributed by atoms with Crippen LogP contribution in [0.2, 0.25) is 10.0 Å². The molecule has 2 aromatic carbocycles. The summed E-state index contributed by atoms with van der Waals surface area (Å²) in [4.78, 5) is 2.16. The monoisotopic (exact) mass is 462 g/mol. The number of benzene rings is 2. The third kappa shape index (κ3) is 5.33. The zero-order chi connectivity index (χ0) is 22.0. The van der Waals surface area contributed by atoms with Crippen LogP contribution in [0.4, 0.5) is 0 Å². The average Bonchev–Trinajstić information content (AvgIpc) is 3.25. The number of β-amino-alcohol motifs (C(OH)–C–C–N with tert-alkyl or cyclic N) is 1. The van der Waals surface area contributed by atoms with Crippen molar-refractivity contribution in [2.45, 2.75) is 39.2 Å². The maximum Gasteiger partial charge on any atom is 0.140 e. The first-order valence-electron chi connectivity index (χ1n) is 10.0. The van der Waals surface area contributed by atoms with E-state index in [4.69, 9.17) is 37.2 Å². The number of aliphatic hydroxyl groups is 1. The molecule has 1 aliphatic rings. The molecular formula is C23H24Cl2N2O4. The van der Waals surface area contributed by atoms with Crippen LogP contribution >= 0.6 is 23.2 Å². The van der Waals surface area contributed by atoms with Gasteiger partial charge in [0.2, 0.25) is 0 Å². The second-order valence-corrected chi connectivity index (χ2v) is 8.54. The molecule has 0 saturated carbocycles. The molecule has 0 bridgehead atoms. The van der Waals surface area contributed by atoms with Gasteiger partial charge in [-0.25, -0.2) is 0 Å². The number of halogens is 2. The molecule has 1 N–H and O–H groups in total. The third-order valence-electron chi connectivity index (χ3n) is 5.39. The maximum absolute atomic E-state index is 10.4. The molecule has 1 aromatic heterocycles. The topological polar surface area (TPSA) is 68.0 Å². The number of likely N-dealkylation sites (tertiary alicyclic amines) is 1. The molecule has 1 fully saturated rings. The van der Waals surface area contributed by atoms with E-state index in [1.165, 1.54) is 0 Å². The summed E-state index contributed by atoms with van der Waals surface area (Å²) in [6.07, 6.45) is -0.901. The van der Waals surface area contributed by atoms with Crippen LogP contribution in [-0.2, 0) is 13.2 Å². The summed E-state index contributed by atoms with van der Waals surface area (Å²) in [5, 5.41) is 15.3. The highest BCUT2D eigenvalue weighted by Crippen LogP contribution is 2.28. The molecule has 0 spiro atoms. The molecule has 1 saturated heterocycles. The number of ether oxygens (including phenoxy) is 2. The van der Waals surface area contributed by atoms with Crippen molar-refractivity contribution in [2.24, 2.45) is 0 Å². The van der Waals surface area contributed by atoms with Crippen LogP contribution in [0.3, 0.4) is 0 Å². The Bertz CT molecular complexity index is 1020. The third-order valence-corrected chi connectivity index (χ3v) is 6.12. The Hall–Kier alpha value is -2.25. The maximum atomic E-state index is 10.4. The number of aromatic nitrogens is 1. The lowest BCUT2D eigenvalue weighted by Crippen LogP contribution is -2.29. The van der Waals surface area contributed by atoms with Crippen molar-refractivity contribution in [3.63, 3.8) is 0 Å². The van der Waals surface area contributed by atoms with Crippen molar-refractivity contribution in [1.29, 1.82) is 0 Å². The first-order chi connectivity index (χ1) is 14.9. The van der Waals surface area contributed by atoms with Gasteiger partial charge in [0.1, 0.15) is 36.1 Å². The van der Waals surface area contributed by atoms with Gasteiger partial charge in [-0.05, 0) is 43.7 Å². The standard InChI is InChI=1S/C23H24Cl2N2O4/c1-14-19(15(2)31-26-14)13-29-17-5-3-16(4-6-17)10-27-11-22(28)23(12-27)30-18-7-8-20(24)21(25)9-18/h3-9,22-23,28H,10-13H2,1-2H3/t22-,23-/m0/s1. The minimum absolute atomic E-state index is 0.324. The number of hydrogen-bond acceptors (Lipinski definition) is 6. The predicted octanol–water partition coefficient (Wildman–Crippen LogP) is 4.80. The summed E-state index contributed by atoms with van der Waals surface area (Å²) < 4.78 is 17.0. The number of rotatable bonds is 7. The van der Waals surface area contributed by atoms with Crippen molar-refractivity contribution in [3.05, 3.63) is 75.1 Å². The van der Waals surface area contributed by atoms with E-state index in [0.717, 1.165) is 28.3 Å². The summed E-state index contributed by atoms with van der Waals surface area (Å²) in [6.45, 7) is 6.07. The molecule has 6 nitrogen and oxygen atoms in total. The Morgan fingerprint density at radius 1 is 1.06 bits per heavy atom. The second-order valence-electron chi connectivity index (χ2n) is 7.73. The van der Waals surface area contributed by atoms with Gasteiger partial charge >= 0.3 is 0 Å². The van der Waals surface area contributed by atoms with Gasteiger partial charge < -0.3 is 19.1 Å². The number of aliphatic hydroxyl groups excluding tert-OH is 1. The van der Waals surface area contributed by atoms with E-state index in [9.17, 15) is 5.11 Å². The fourth-order valence-corrected chi connectivity index (χ4v) is 3.90. The zero-order valence-corrected chi connectivity index (χ0v) is 18.9. The van der Waals surface area contributed by atoms with E-state index >= 15 is 0 Å². The smallest absolute Gasteiger partial charge is 0.140 e. The molecule has 8 heteroatoms. The van der Waals surface area contributed by atoms with Gasteiger partial charge in [-0.1, -0.05) is 40.5 Å². The highest BCUT2D eigenvalue weighted by Gasteiger charge is 2.33. The van der Waals surface area contributed by atoms with E-state index in [2.05, 4.69) is 10.1 Å². The summed E-state index contributed by atoms with van der Waals surface area (Å²) in [5.41, 5.74) is 2.95. The Morgan fingerprint density at radius 3 is 2.48 bits per heavy atom. The van der Waals surface area contributed by atoms with Crippen molar-refractivity contribution in [1.82, 2.24) is 10.1 Å². The molecule has 31 heavy (non-hydrogen) atoms. The molecule has 4 rings (SSSR count). The summed E-state index contributed by atoms with van der Waals surface area (Å²) >= 11 is 12.0. The Balaban J connectivity index is 1.30. The van der Waals surface area contributed by atoms with Crippen LogP contribution in [0.1, 0.15) is 22.6 Å². The fraction of sp³-hybridized carbons (Fsp3) is 0.348. The van der Waals surface area contributed by atoms with Crippen molar-refractivity contribution < 1.29 is 19.1 Å². The van der Waals surface area contributed by atoms with Crippen molar-refractivity contribution in [3.8, 4) is 11.5 Å². The number of aryl methyl sites for hydroxylation is 2. The lowest BCUT2D eigenvalue weighted by atomic mass is 10.2. The van der Waals surface area contributed by atoms with Gasteiger partial charge in [-0.15, -0.1) is 0 Å². The molecule has 0 radical (unpaired) electrons. The highest BCUT2D eigenvalue weighted by atomic mass is 35.5. The highest BCUT2D eigenvalue weighted by molar-refractivity contribution is 6.42. The lowest BCUT2D eigenvalue weighted by Gasteiger charge is -2.17. The summed E-state index contributed by atoms with van der Waals surface area (Å²) in [5.74, 6) is 2.16. The molecule has 2 atom stereocenters. The number of hydrogen-bond donors (Lipinski definition) is 1. The van der Waals surface area contributed by atoms with Crippen LogP contribution in [0.15, 0.2) is 47.0 Å². The van der Waals surface area contributed by atoms with E-state index in [1.807, 2.05) is 38.1 Å². The summed E-state index contributed by atoms with van der Waals surface area (Å²) in [7, 11) is 0. The van der Waals surface area contributed by atoms with Crippen LogP contribution in [-0.4, -0.2) is 40.5 Å². The van der Waals surface area contributed by atoms with Gasteiger partial charge in [0.05, 0.1) is 21.3 Å². The molecule has 0 aliphatic carbocycles. The fourth-order valence-electron chi connectivity index (χ4n) is 3.62. The average molecular weight is 463 g/mol. The van der Waals surface area contributed by atoms with Gasteiger partial charge in [0.15, 0.2) is 0 Å². The summed E-state index contributed by atoms with van der Waals surface area (Å²) in [6, 6.07) is 13.1. The normalized spacial score (nSPS) is 19.0. The van der Waals surface area contributed by atoms with Gasteiger partial charge in [-0.2, -0.15) is 0 Å². The Morgan fingerprint density at radius 2 is 1.81 bits per heavy atom. The molecular weight excluding hydrogens is 439 g/mol. The lowest BCUT2D eigenvalue weighted by molar-refractivity contribution is 0.0737. The first kappa shape index (κ1) is 22.0. The van der Waals surface area contributed by atoms with Crippen molar-refractivity contribution >= 4 is 23.2 Å². The van der Waals surface area contributed by atoms with E-state index < -0.39 is 6.10 Å². The van der Waals surface area contributed by atoms with Crippen LogP contribution < -0.4 is 9.47 Å². The first-order valence-corrected chi connectivity index (χ1v) is 10.8. The second kappa shape index (κ2) is 9.49. The molecule has 2 heterocycles. The Kier molecular flexibility index (Phi) is 6.72.